The van der Waals surface area contributed by atoms with Crippen LogP contribution < -0.4 is 14.8 Å². The third-order valence-corrected chi connectivity index (χ3v) is 10.4. The summed E-state index contributed by atoms with van der Waals surface area (Å²) in [5, 5.41) is 2.95. The summed E-state index contributed by atoms with van der Waals surface area (Å²) < 4.78 is 62.4. The fraction of sp³-hybridized carbons (Fsp3) is 0.235. The van der Waals surface area contributed by atoms with Crippen molar-refractivity contribution in [2.75, 3.05) is 9.44 Å². The summed E-state index contributed by atoms with van der Waals surface area (Å²) in [6.45, 7) is 3.81. The van der Waals surface area contributed by atoms with E-state index in [1.54, 1.807) is 54.6 Å². The third kappa shape index (κ3) is 8.32. The Kier molecular flexibility index (Phi) is 9.78. The second-order valence-electron chi connectivity index (χ2n) is 11.4. The van der Waals surface area contributed by atoms with Crippen molar-refractivity contribution in [3.8, 4) is 0 Å². The molecule has 0 heterocycles. The summed E-state index contributed by atoms with van der Waals surface area (Å²) in [6.07, 6.45) is 1.70. The van der Waals surface area contributed by atoms with E-state index in [1.807, 2.05) is 13.8 Å². The molecule has 0 aromatic heterocycles. The summed E-state index contributed by atoms with van der Waals surface area (Å²) in [6, 6.07) is 25.2. The van der Waals surface area contributed by atoms with Crippen LogP contribution in [-0.4, -0.2) is 40.9 Å². The van der Waals surface area contributed by atoms with Gasteiger partial charge in [0.25, 0.3) is 26.0 Å². The number of hydrogen-bond acceptors (Lipinski definition) is 7. The average Bonchev–Trinajstić information content (AvgIpc) is 3.04. The van der Waals surface area contributed by atoms with Crippen molar-refractivity contribution >= 4 is 43.3 Å². The Morgan fingerprint density at radius 1 is 0.630 bits per heavy atom. The first-order valence-corrected chi connectivity index (χ1v) is 17.8. The van der Waals surface area contributed by atoms with Crippen LogP contribution in [0.25, 0.3) is 0 Å². The molecular weight excluding hydrogens is 627 g/mol. The van der Waals surface area contributed by atoms with Crippen LogP contribution in [0, 0.1) is 13.8 Å². The second-order valence-corrected chi connectivity index (χ2v) is 14.7. The van der Waals surface area contributed by atoms with Gasteiger partial charge in [0.2, 0.25) is 0 Å². The first-order valence-electron chi connectivity index (χ1n) is 14.8. The number of sulfonamides is 2. The number of nitrogens with one attached hydrogen (secondary N) is 3. The van der Waals surface area contributed by atoms with Gasteiger partial charge in [-0.25, -0.2) is 21.6 Å². The molecule has 1 fully saturated rings. The number of esters is 1. The maximum atomic E-state index is 13.0. The van der Waals surface area contributed by atoms with Gasteiger partial charge in [-0.1, -0.05) is 47.5 Å². The highest BCUT2D eigenvalue weighted by molar-refractivity contribution is 7.93. The van der Waals surface area contributed by atoms with E-state index in [0.717, 1.165) is 11.1 Å². The molecular formula is C34H35N3O7S2. The van der Waals surface area contributed by atoms with Gasteiger partial charge >= 0.3 is 5.97 Å². The summed E-state index contributed by atoms with van der Waals surface area (Å²) in [7, 11) is -7.82. The van der Waals surface area contributed by atoms with E-state index in [9.17, 15) is 26.4 Å². The van der Waals surface area contributed by atoms with Crippen molar-refractivity contribution in [1.29, 1.82) is 0 Å². The minimum Gasteiger partial charge on any atom is -0.459 e. The highest BCUT2D eigenvalue weighted by Crippen LogP contribution is 2.25. The van der Waals surface area contributed by atoms with Gasteiger partial charge < -0.3 is 10.1 Å². The zero-order valence-electron chi connectivity index (χ0n) is 25.4. The summed E-state index contributed by atoms with van der Waals surface area (Å²) in [5.41, 5.74) is 3.16. The van der Waals surface area contributed by atoms with Gasteiger partial charge in [-0.2, -0.15) is 0 Å². The minimum atomic E-state index is -3.92. The molecule has 12 heteroatoms. The number of carbonyl (C=O) groups is 2. The molecule has 0 bridgehead atoms. The zero-order chi connectivity index (χ0) is 32.9. The first-order chi connectivity index (χ1) is 21.9. The third-order valence-electron chi connectivity index (χ3n) is 7.68. The van der Waals surface area contributed by atoms with E-state index >= 15 is 0 Å². The van der Waals surface area contributed by atoms with E-state index in [4.69, 9.17) is 4.74 Å². The number of rotatable bonds is 10. The fourth-order valence-corrected chi connectivity index (χ4v) is 7.29. The van der Waals surface area contributed by atoms with Gasteiger partial charge in [-0.15, -0.1) is 0 Å². The normalized spacial score (nSPS) is 16.7. The SMILES string of the molecule is Cc1ccc(NS(=O)(=O)c2cccc(C(=O)NC3CCC(OC(=O)c4cccc(S(=O)(=O)Nc5ccc(C)cc5)c4)CC3)c2)cc1. The molecule has 1 saturated carbocycles. The summed E-state index contributed by atoms with van der Waals surface area (Å²) in [4.78, 5) is 25.8. The van der Waals surface area contributed by atoms with Gasteiger partial charge in [0.05, 0.1) is 15.4 Å². The average molecular weight is 662 g/mol. The lowest BCUT2D eigenvalue weighted by Crippen LogP contribution is -2.39. The van der Waals surface area contributed by atoms with E-state index < -0.39 is 38.0 Å². The molecule has 4 aromatic carbocycles. The number of amides is 1. The number of aryl methyl sites for hydroxylation is 2. The van der Waals surface area contributed by atoms with Crippen molar-refractivity contribution in [1.82, 2.24) is 5.32 Å². The molecule has 1 amide bonds. The Morgan fingerprint density at radius 3 is 1.59 bits per heavy atom. The zero-order valence-corrected chi connectivity index (χ0v) is 27.0. The van der Waals surface area contributed by atoms with Crippen molar-refractivity contribution < 1.29 is 31.2 Å². The molecule has 10 nitrogen and oxygen atoms in total. The monoisotopic (exact) mass is 661 g/mol. The molecule has 1 aliphatic carbocycles. The van der Waals surface area contributed by atoms with Crippen molar-refractivity contribution in [2.24, 2.45) is 0 Å². The lowest BCUT2D eigenvalue weighted by molar-refractivity contribution is 0.0183. The molecule has 0 saturated heterocycles. The largest absolute Gasteiger partial charge is 0.459 e. The highest BCUT2D eigenvalue weighted by Gasteiger charge is 2.27. The Bertz CT molecular complexity index is 1790. The molecule has 4 aromatic rings. The fourth-order valence-electron chi connectivity index (χ4n) is 5.08. The maximum absolute atomic E-state index is 13.0. The molecule has 0 unspecified atom stereocenters. The van der Waals surface area contributed by atoms with Crippen LogP contribution >= 0.6 is 0 Å². The number of ether oxygens (including phenoxy) is 1. The predicted octanol–water partition coefficient (Wildman–Crippen LogP) is 5.80. The predicted molar refractivity (Wildman–Crippen MR) is 176 cm³/mol. The maximum Gasteiger partial charge on any atom is 0.338 e. The van der Waals surface area contributed by atoms with Crippen LogP contribution in [-0.2, 0) is 24.8 Å². The molecule has 240 valence electrons. The minimum absolute atomic E-state index is 0.0286. The summed E-state index contributed by atoms with van der Waals surface area (Å²) >= 11 is 0. The van der Waals surface area contributed by atoms with Gasteiger partial charge in [0.1, 0.15) is 6.10 Å². The summed E-state index contributed by atoms with van der Waals surface area (Å²) in [5.74, 6) is -1.03. The Balaban J connectivity index is 1.14. The second kappa shape index (κ2) is 13.8. The number of carbonyl (C=O) groups excluding carboxylic acids is 2. The quantitative estimate of drug-likeness (QED) is 0.182. The van der Waals surface area contributed by atoms with Crippen LogP contribution in [0.2, 0.25) is 0 Å². The number of anilines is 2. The van der Waals surface area contributed by atoms with Crippen LogP contribution in [0.1, 0.15) is 57.5 Å². The highest BCUT2D eigenvalue weighted by atomic mass is 32.2. The van der Waals surface area contributed by atoms with Crippen molar-refractivity contribution in [3.63, 3.8) is 0 Å². The van der Waals surface area contributed by atoms with Gasteiger partial charge in [0, 0.05) is 23.0 Å². The number of hydrogen-bond donors (Lipinski definition) is 3. The van der Waals surface area contributed by atoms with Gasteiger partial charge in [-0.3, -0.25) is 14.2 Å². The van der Waals surface area contributed by atoms with Crippen LogP contribution in [0.5, 0.6) is 0 Å². The van der Waals surface area contributed by atoms with Crippen LogP contribution in [0.15, 0.2) is 107 Å². The Hall–Kier alpha value is -4.68. The molecule has 3 N–H and O–H groups in total. The van der Waals surface area contributed by atoms with Crippen molar-refractivity contribution in [2.45, 2.75) is 61.5 Å². The first kappa shape index (κ1) is 32.7. The molecule has 0 aliphatic heterocycles. The molecule has 46 heavy (non-hydrogen) atoms. The van der Waals surface area contributed by atoms with Gasteiger partial charge in [-0.05, 0) is 100 Å². The molecule has 5 rings (SSSR count). The van der Waals surface area contributed by atoms with Crippen molar-refractivity contribution in [3.05, 3.63) is 119 Å². The molecule has 0 spiro atoms. The Labute approximate surface area is 269 Å². The molecule has 0 radical (unpaired) electrons. The molecule has 0 atom stereocenters. The lowest BCUT2D eigenvalue weighted by Gasteiger charge is -2.29. The standard InChI is InChI=1S/C34H35N3O7S2/c1-23-9-13-28(14-10-23)36-45(40,41)31-7-3-5-25(21-31)33(38)35-27-17-19-30(20-18-27)44-34(39)26-6-4-8-32(22-26)46(42,43)37-29-15-11-24(2)12-16-29/h3-16,21-22,27,30,36-37H,17-20H2,1-2H3,(H,35,38). The van der Waals surface area contributed by atoms with E-state index in [2.05, 4.69) is 14.8 Å². The molecule has 1 aliphatic rings. The van der Waals surface area contributed by atoms with E-state index in [0.29, 0.717) is 37.1 Å². The van der Waals surface area contributed by atoms with E-state index in [-0.39, 0.29) is 27.0 Å². The smallest absolute Gasteiger partial charge is 0.338 e. The van der Waals surface area contributed by atoms with Crippen LogP contribution in [0.3, 0.4) is 0 Å². The lowest BCUT2D eigenvalue weighted by atomic mass is 9.92. The van der Waals surface area contributed by atoms with E-state index in [1.165, 1.54) is 42.5 Å². The van der Waals surface area contributed by atoms with Gasteiger partial charge in [0.15, 0.2) is 0 Å². The Morgan fingerprint density at radius 2 is 1.09 bits per heavy atom. The van der Waals surface area contributed by atoms with Crippen LogP contribution in [0.4, 0.5) is 11.4 Å². The topological polar surface area (TPSA) is 148 Å². The number of benzene rings is 4.